The van der Waals surface area contributed by atoms with Crippen molar-refractivity contribution in [1.29, 1.82) is 0 Å². The van der Waals surface area contributed by atoms with E-state index in [1.807, 2.05) is 19.1 Å². The molecular formula is C17H21NO3. The van der Waals surface area contributed by atoms with Gasteiger partial charge in [0.1, 0.15) is 11.5 Å². The third-order valence-corrected chi connectivity index (χ3v) is 3.90. The largest absolute Gasteiger partial charge is 0.477 e. The molecule has 0 spiro atoms. The van der Waals surface area contributed by atoms with Gasteiger partial charge in [0.15, 0.2) is 0 Å². The normalized spacial score (nSPS) is 11.3. The topological polar surface area (TPSA) is 59.3 Å². The summed E-state index contributed by atoms with van der Waals surface area (Å²) >= 11 is 0. The van der Waals surface area contributed by atoms with Crippen LogP contribution in [0.1, 0.15) is 54.7 Å². The fourth-order valence-corrected chi connectivity index (χ4v) is 2.68. The van der Waals surface area contributed by atoms with E-state index in [0.29, 0.717) is 18.9 Å². The molecule has 0 unspecified atom stereocenters. The Morgan fingerprint density at radius 2 is 1.95 bits per heavy atom. The first-order valence-electron chi connectivity index (χ1n) is 7.18. The summed E-state index contributed by atoms with van der Waals surface area (Å²) in [6.45, 7) is 7.99. The Morgan fingerprint density at radius 3 is 2.48 bits per heavy atom. The Kier molecular flexibility index (Phi) is 4.16. The van der Waals surface area contributed by atoms with Crippen molar-refractivity contribution < 1.29 is 14.7 Å². The molecule has 1 N–H and O–H groups in total. The molecule has 0 aliphatic rings. The third-order valence-electron chi connectivity index (χ3n) is 3.90. The zero-order valence-corrected chi connectivity index (χ0v) is 12.9. The number of aryl methyl sites for hydroxylation is 2. The van der Waals surface area contributed by atoms with Crippen LogP contribution in [0.15, 0.2) is 18.2 Å². The minimum absolute atomic E-state index is 0.0599. The lowest BCUT2D eigenvalue weighted by molar-refractivity contribution is -0.117. The summed E-state index contributed by atoms with van der Waals surface area (Å²) in [4.78, 5) is 22.8. The van der Waals surface area contributed by atoms with Crippen LogP contribution < -0.4 is 0 Å². The number of Topliss-reactive ketones (excluding diaryl/α,β-unsaturated/α-hetero) is 1. The Labute approximate surface area is 124 Å². The van der Waals surface area contributed by atoms with Gasteiger partial charge in [0, 0.05) is 23.9 Å². The number of aromatic nitrogens is 1. The molecule has 2 aromatic rings. The quantitative estimate of drug-likeness (QED) is 0.911. The molecule has 21 heavy (non-hydrogen) atoms. The van der Waals surface area contributed by atoms with Crippen LogP contribution in [0.3, 0.4) is 0 Å². The highest BCUT2D eigenvalue weighted by atomic mass is 16.4. The predicted octanol–water partition coefficient (Wildman–Crippen LogP) is 3.75. The highest BCUT2D eigenvalue weighted by Crippen LogP contribution is 2.29. The van der Waals surface area contributed by atoms with Crippen molar-refractivity contribution in [2.24, 2.45) is 0 Å². The van der Waals surface area contributed by atoms with Crippen molar-refractivity contribution in [2.75, 3.05) is 0 Å². The molecule has 0 amide bonds. The fourth-order valence-electron chi connectivity index (χ4n) is 2.68. The first-order valence-corrected chi connectivity index (χ1v) is 7.18. The molecule has 0 aliphatic heterocycles. The maximum absolute atomic E-state index is 11.6. The summed E-state index contributed by atoms with van der Waals surface area (Å²) in [5, 5.41) is 10.4. The standard InChI is InChI=1S/C17H21NO3/c1-10(2)13-5-6-15-14(9-13)12(4)16(17(20)21)18(15)8-7-11(3)19/h5-6,9-10H,7-8H2,1-4H3,(H,20,21). The van der Waals surface area contributed by atoms with Crippen LogP contribution in [0.4, 0.5) is 0 Å². The predicted molar refractivity (Wildman–Crippen MR) is 83.0 cm³/mol. The number of benzene rings is 1. The third kappa shape index (κ3) is 2.84. The Morgan fingerprint density at radius 1 is 1.29 bits per heavy atom. The number of carboxylic acid groups (broad SMARTS) is 1. The van der Waals surface area contributed by atoms with Gasteiger partial charge in [0.25, 0.3) is 0 Å². The zero-order chi connectivity index (χ0) is 15.7. The molecule has 0 saturated heterocycles. The molecular weight excluding hydrogens is 266 g/mol. The second kappa shape index (κ2) is 5.72. The van der Waals surface area contributed by atoms with Gasteiger partial charge in [-0.05, 0) is 43.0 Å². The second-order valence-corrected chi connectivity index (χ2v) is 5.81. The van der Waals surface area contributed by atoms with E-state index in [4.69, 9.17) is 0 Å². The molecule has 0 aliphatic carbocycles. The van der Waals surface area contributed by atoms with Gasteiger partial charge < -0.3 is 9.67 Å². The van der Waals surface area contributed by atoms with Crippen molar-refractivity contribution in [2.45, 2.75) is 46.6 Å². The molecule has 0 atom stereocenters. The van der Waals surface area contributed by atoms with Gasteiger partial charge in [-0.2, -0.15) is 0 Å². The lowest BCUT2D eigenvalue weighted by Crippen LogP contribution is -2.11. The van der Waals surface area contributed by atoms with Crippen LogP contribution in [0.25, 0.3) is 10.9 Å². The summed E-state index contributed by atoms with van der Waals surface area (Å²) in [7, 11) is 0. The van der Waals surface area contributed by atoms with Crippen molar-refractivity contribution >= 4 is 22.7 Å². The Balaban J connectivity index is 2.66. The fraction of sp³-hybridized carbons (Fsp3) is 0.412. The van der Waals surface area contributed by atoms with Crippen LogP contribution in [-0.2, 0) is 11.3 Å². The van der Waals surface area contributed by atoms with Gasteiger partial charge in [-0.3, -0.25) is 4.79 Å². The summed E-state index contributed by atoms with van der Waals surface area (Å²) in [5.74, 6) is -0.495. The van der Waals surface area contributed by atoms with Gasteiger partial charge in [-0.25, -0.2) is 4.79 Å². The summed E-state index contributed by atoms with van der Waals surface area (Å²) < 4.78 is 1.75. The minimum atomic E-state index is -0.946. The Hall–Kier alpha value is -2.10. The van der Waals surface area contributed by atoms with E-state index in [2.05, 4.69) is 19.9 Å². The van der Waals surface area contributed by atoms with Crippen LogP contribution in [-0.4, -0.2) is 21.4 Å². The number of carbonyl (C=O) groups is 2. The molecule has 1 aromatic carbocycles. The van der Waals surface area contributed by atoms with E-state index in [1.165, 1.54) is 12.5 Å². The first-order chi connectivity index (χ1) is 9.82. The number of hydrogen-bond acceptors (Lipinski definition) is 2. The van der Waals surface area contributed by atoms with Crippen molar-refractivity contribution in [3.05, 3.63) is 35.0 Å². The number of hydrogen-bond donors (Lipinski definition) is 1. The van der Waals surface area contributed by atoms with E-state index < -0.39 is 5.97 Å². The Bertz CT molecular complexity index is 710. The molecule has 4 nitrogen and oxygen atoms in total. The van der Waals surface area contributed by atoms with E-state index >= 15 is 0 Å². The van der Waals surface area contributed by atoms with Crippen molar-refractivity contribution in [3.8, 4) is 0 Å². The highest BCUT2D eigenvalue weighted by Gasteiger charge is 2.20. The molecule has 2 rings (SSSR count). The monoisotopic (exact) mass is 287 g/mol. The van der Waals surface area contributed by atoms with E-state index in [0.717, 1.165) is 16.5 Å². The number of aromatic carboxylic acids is 1. The zero-order valence-electron chi connectivity index (χ0n) is 12.9. The van der Waals surface area contributed by atoms with Crippen LogP contribution in [0.5, 0.6) is 0 Å². The summed E-state index contributed by atoms with van der Waals surface area (Å²) in [6.07, 6.45) is 0.343. The number of rotatable bonds is 5. The smallest absolute Gasteiger partial charge is 0.352 e. The first kappa shape index (κ1) is 15.3. The molecule has 1 heterocycles. The number of ketones is 1. The second-order valence-electron chi connectivity index (χ2n) is 5.81. The maximum atomic E-state index is 11.6. The lowest BCUT2D eigenvalue weighted by Gasteiger charge is -2.08. The molecule has 0 saturated carbocycles. The number of carbonyl (C=O) groups excluding carboxylic acids is 1. The summed E-state index contributed by atoms with van der Waals surface area (Å²) in [6, 6.07) is 6.05. The average molecular weight is 287 g/mol. The SMILES string of the molecule is CC(=O)CCn1c(C(=O)O)c(C)c2cc(C(C)C)ccc21. The lowest BCUT2D eigenvalue weighted by atomic mass is 10.0. The van der Waals surface area contributed by atoms with Gasteiger partial charge in [-0.15, -0.1) is 0 Å². The maximum Gasteiger partial charge on any atom is 0.352 e. The molecule has 4 heteroatoms. The van der Waals surface area contributed by atoms with Gasteiger partial charge >= 0.3 is 5.97 Å². The van der Waals surface area contributed by atoms with Crippen LogP contribution >= 0.6 is 0 Å². The van der Waals surface area contributed by atoms with Crippen molar-refractivity contribution in [3.63, 3.8) is 0 Å². The van der Waals surface area contributed by atoms with E-state index in [-0.39, 0.29) is 11.5 Å². The van der Waals surface area contributed by atoms with E-state index in [9.17, 15) is 14.7 Å². The van der Waals surface area contributed by atoms with Crippen molar-refractivity contribution in [1.82, 2.24) is 4.57 Å². The van der Waals surface area contributed by atoms with Crippen LogP contribution in [0.2, 0.25) is 0 Å². The van der Waals surface area contributed by atoms with Gasteiger partial charge in [-0.1, -0.05) is 19.9 Å². The van der Waals surface area contributed by atoms with E-state index in [1.54, 1.807) is 4.57 Å². The summed E-state index contributed by atoms with van der Waals surface area (Å²) in [5.41, 5.74) is 3.12. The van der Waals surface area contributed by atoms with Gasteiger partial charge in [0.05, 0.1) is 0 Å². The average Bonchev–Trinajstić information content (AvgIpc) is 2.68. The molecule has 0 bridgehead atoms. The molecule has 1 aromatic heterocycles. The van der Waals surface area contributed by atoms with Gasteiger partial charge in [0.2, 0.25) is 0 Å². The minimum Gasteiger partial charge on any atom is -0.477 e. The molecule has 0 fully saturated rings. The molecule has 112 valence electrons. The molecule has 0 radical (unpaired) electrons. The number of carboxylic acids is 1. The highest BCUT2D eigenvalue weighted by molar-refractivity contribution is 5.98. The number of nitrogens with zero attached hydrogens (tertiary/aromatic N) is 1. The van der Waals surface area contributed by atoms with Crippen LogP contribution in [0, 0.1) is 6.92 Å². The number of fused-ring (bicyclic) bond motifs is 1.